The Labute approximate surface area is 123 Å². The fourth-order valence-electron chi connectivity index (χ4n) is 2.35. The fourth-order valence-corrected chi connectivity index (χ4v) is 4.57. The lowest BCUT2D eigenvalue weighted by atomic mass is 10.1. The van der Waals surface area contributed by atoms with Gasteiger partial charge in [-0.25, -0.2) is 13.2 Å². The second-order valence-corrected chi connectivity index (χ2v) is 8.94. The third-order valence-electron chi connectivity index (χ3n) is 3.52. The number of aryl methyl sites for hydroxylation is 2. The van der Waals surface area contributed by atoms with E-state index in [1.54, 1.807) is 16.2 Å². The normalized spacial score (nSPS) is 19.6. The summed E-state index contributed by atoms with van der Waals surface area (Å²) in [7, 11) is -2.95. The molecule has 0 aliphatic carbocycles. The number of rotatable bonds is 2. The van der Waals surface area contributed by atoms with Crippen molar-refractivity contribution < 1.29 is 13.2 Å². The number of nitrogens with one attached hydrogen (secondary N) is 1. The molecule has 0 radical (unpaired) electrons. The van der Waals surface area contributed by atoms with Crippen LogP contribution in [0.3, 0.4) is 0 Å². The molecular formula is C13H20N2O3S2. The van der Waals surface area contributed by atoms with Gasteiger partial charge in [0.1, 0.15) is 0 Å². The molecular weight excluding hydrogens is 296 g/mol. The number of amides is 2. The number of nitrogens with zero attached hydrogens (tertiary/aromatic N) is 1. The van der Waals surface area contributed by atoms with Crippen LogP contribution in [-0.4, -0.2) is 43.9 Å². The zero-order valence-electron chi connectivity index (χ0n) is 12.0. The highest BCUT2D eigenvalue weighted by Gasteiger charge is 2.26. The van der Waals surface area contributed by atoms with Crippen molar-refractivity contribution in [1.29, 1.82) is 0 Å². The molecule has 0 bridgehead atoms. The Bertz CT molecular complexity index is 593. The number of urea groups is 1. The van der Waals surface area contributed by atoms with E-state index in [1.807, 2.05) is 20.8 Å². The fraction of sp³-hybridized carbons (Fsp3) is 0.615. The van der Waals surface area contributed by atoms with E-state index >= 15 is 0 Å². The van der Waals surface area contributed by atoms with Gasteiger partial charge in [-0.05, 0) is 32.4 Å². The predicted octanol–water partition coefficient (Wildman–Crippen LogP) is 1.87. The van der Waals surface area contributed by atoms with Crippen molar-refractivity contribution >= 4 is 27.2 Å². The van der Waals surface area contributed by atoms with Crippen molar-refractivity contribution in [1.82, 2.24) is 10.2 Å². The van der Waals surface area contributed by atoms with Crippen molar-refractivity contribution in [2.75, 3.05) is 24.6 Å². The highest BCUT2D eigenvalue weighted by molar-refractivity contribution is 7.91. The standard InChI is InChI=1S/C13H20N2O3S2/c1-9-8-12(11(3)19-9)10(2)14-13(16)15-4-6-20(17,18)7-5-15/h8,10H,4-7H2,1-3H3,(H,14,16). The molecule has 1 aromatic rings. The van der Waals surface area contributed by atoms with Gasteiger partial charge in [-0.15, -0.1) is 11.3 Å². The monoisotopic (exact) mass is 316 g/mol. The van der Waals surface area contributed by atoms with E-state index in [9.17, 15) is 13.2 Å². The zero-order chi connectivity index (χ0) is 14.9. The Kier molecular flexibility index (Phi) is 4.39. The van der Waals surface area contributed by atoms with Crippen molar-refractivity contribution in [3.8, 4) is 0 Å². The van der Waals surface area contributed by atoms with Crippen LogP contribution in [0.4, 0.5) is 4.79 Å². The molecule has 112 valence electrons. The van der Waals surface area contributed by atoms with Crippen molar-refractivity contribution in [2.45, 2.75) is 26.8 Å². The first-order valence-electron chi connectivity index (χ1n) is 6.61. The van der Waals surface area contributed by atoms with Gasteiger partial charge in [-0.3, -0.25) is 0 Å². The molecule has 1 unspecified atom stereocenters. The van der Waals surface area contributed by atoms with Gasteiger partial charge in [0, 0.05) is 22.8 Å². The maximum absolute atomic E-state index is 12.1. The molecule has 1 saturated heterocycles. The molecule has 20 heavy (non-hydrogen) atoms. The van der Waals surface area contributed by atoms with Gasteiger partial charge < -0.3 is 10.2 Å². The topological polar surface area (TPSA) is 66.5 Å². The van der Waals surface area contributed by atoms with Crippen molar-refractivity contribution in [2.24, 2.45) is 0 Å². The van der Waals surface area contributed by atoms with Gasteiger partial charge in [0.2, 0.25) is 0 Å². The van der Waals surface area contributed by atoms with Gasteiger partial charge in [0.05, 0.1) is 17.5 Å². The van der Waals surface area contributed by atoms with Gasteiger partial charge in [-0.2, -0.15) is 0 Å². The molecule has 2 amide bonds. The summed E-state index contributed by atoms with van der Waals surface area (Å²) in [6.45, 7) is 6.60. The van der Waals surface area contributed by atoms with Crippen molar-refractivity contribution in [3.05, 3.63) is 21.4 Å². The third kappa shape index (κ3) is 3.52. The molecule has 2 rings (SSSR count). The molecule has 1 aliphatic rings. The molecule has 1 atom stereocenters. The molecule has 1 aromatic heterocycles. The van der Waals surface area contributed by atoms with Crippen LogP contribution in [0.25, 0.3) is 0 Å². The third-order valence-corrected chi connectivity index (χ3v) is 6.11. The first kappa shape index (κ1) is 15.3. The molecule has 1 aliphatic heterocycles. The minimum atomic E-state index is -2.95. The summed E-state index contributed by atoms with van der Waals surface area (Å²) in [4.78, 5) is 16.1. The largest absolute Gasteiger partial charge is 0.331 e. The lowest BCUT2D eigenvalue weighted by molar-refractivity contribution is 0.199. The molecule has 0 spiro atoms. The van der Waals surface area contributed by atoms with Crippen molar-refractivity contribution in [3.63, 3.8) is 0 Å². The average molecular weight is 316 g/mol. The summed E-state index contributed by atoms with van der Waals surface area (Å²) in [6, 6.07) is 1.84. The maximum atomic E-state index is 12.1. The Balaban J connectivity index is 1.96. The number of hydrogen-bond donors (Lipinski definition) is 1. The van der Waals surface area contributed by atoms with E-state index in [2.05, 4.69) is 11.4 Å². The number of hydrogen-bond acceptors (Lipinski definition) is 4. The maximum Gasteiger partial charge on any atom is 0.317 e. The van der Waals surface area contributed by atoms with E-state index in [0.29, 0.717) is 0 Å². The van der Waals surface area contributed by atoms with Crippen LogP contribution in [-0.2, 0) is 9.84 Å². The minimum Gasteiger partial charge on any atom is -0.331 e. The van der Waals surface area contributed by atoms with Crippen LogP contribution in [0.1, 0.15) is 28.3 Å². The van der Waals surface area contributed by atoms with E-state index in [0.717, 1.165) is 5.56 Å². The Hall–Kier alpha value is -1.08. The van der Waals surface area contributed by atoms with Crippen LogP contribution in [0.2, 0.25) is 0 Å². The lowest BCUT2D eigenvalue weighted by Crippen LogP contribution is -2.48. The summed E-state index contributed by atoms with van der Waals surface area (Å²) in [5, 5.41) is 2.95. The first-order valence-corrected chi connectivity index (χ1v) is 9.25. The second kappa shape index (κ2) is 5.73. The smallest absolute Gasteiger partial charge is 0.317 e. The molecule has 2 heterocycles. The quantitative estimate of drug-likeness (QED) is 0.906. The lowest BCUT2D eigenvalue weighted by Gasteiger charge is -2.28. The number of sulfone groups is 1. The van der Waals surface area contributed by atoms with E-state index in [4.69, 9.17) is 0 Å². The summed E-state index contributed by atoms with van der Waals surface area (Å²) in [5.41, 5.74) is 1.13. The number of carbonyl (C=O) groups is 1. The average Bonchev–Trinajstić information content (AvgIpc) is 2.68. The summed E-state index contributed by atoms with van der Waals surface area (Å²) in [6.07, 6.45) is 0. The molecule has 0 saturated carbocycles. The number of thiophene rings is 1. The van der Waals surface area contributed by atoms with Gasteiger partial charge >= 0.3 is 6.03 Å². The highest BCUT2D eigenvalue weighted by atomic mass is 32.2. The SMILES string of the molecule is Cc1cc(C(C)NC(=O)N2CCS(=O)(=O)CC2)c(C)s1. The first-order chi connectivity index (χ1) is 9.28. The molecule has 1 fully saturated rings. The number of carbonyl (C=O) groups excluding carboxylic acids is 1. The Morgan fingerprint density at radius 3 is 2.45 bits per heavy atom. The van der Waals surface area contributed by atoms with Gasteiger partial charge in [-0.1, -0.05) is 0 Å². The van der Waals surface area contributed by atoms with Crippen LogP contribution >= 0.6 is 11.3 Å². The Morgan fingerprint density at radius 1 is 1.35 bits per heavy atom. The van der Waals surface area contributed by atoms with E-state index < -0.39 is 9.84 Å². The zero-order valence-corrected chi connectivity index (χ0v) is 13.6. The minimum absolute atomic E-state index is 0.0609. The van der Waals surface area contributed by atoms with E-state index in [-0.39, 0.29) is 36.7 Å². The molecule has 1 N–H and O–H groups in total. The molecule has 5 nitrogen and oxygen atoms in total. The highest BCUT2D eigenvalue weighted by Crippen LogP contribution is 2.26. The van der Waals surface area contributed by atoms with E-state index in [1.165, 1.54) is 9.75 Å². The summed E-state index contributed by atoms with van der Waals surface area (Å²) >= 11 is 1.72. The van der Waals surface area contributed by atoms with Crippen LogP contribution < -0.4 is 5.32 Å². The Morgan fingerprint density at radius 2 is 1.95 bits per heavy atom. The second-order valence-electron chi connectivity index (χ2n) is 5.18. The van der Waals surface area contributed by atoms with Gasteiger partial charge in [0.15, 0.2) is 9.84 Å². The van der Waals surface area contributed by atoms with Gasteiger partial charge in [0.25, 0.3) is 0 Å². The summed E-state index contributed by atoms with van der Waals surface area (Å²) < 4.78 is 22.7. The predicted molar refractivity (Wildman–Crippen MR) is 81.0 cm³/mol. The molecule has 7 heteroatoms. The van der Waals surface area contributed by atoms with Crippen LogP contribution in [0.15, 0.2) is 6.07 Å². The van der Waals surface area contributed by atoms with Crippen LogP contribution in [0, 0.1) is 13.8 Å². The van der Waals surface area contributed by atoms with Crippen LogP contribution in [0.5, 0.6) is 0 Å². The molecule has 0 aromatic carbocycles. The summed E-state index contributed by atoms with van der Waals surface area (Å²) in [5.74, 6) is 0.122.